The van der Waals surface area contributed by atoms with E-state index in [1.807, 2.05) is 6.26 Å². The molecule has 10 aromatic carbocycles. The van der Waals surface area contributed by atoms with Gasteiger partial charge in [-0.25, -0.2) is 37.9 Å². The molecule has 14 rings (SSSR count). The number of esters is 1. The number of thioether (sulfide) groups is 2. The molecule has 126 heavy (non-hydrogen) atoms. The Kier molecular flexibility index (Phi) is 29.9. The monoisotopic (exact) mass is 1810 g/mol. The number of halogens is 13. The second kappa shape index (κ2) is 40.1. The van der Waals surface area contributed by atoms with Crippen LogP contribution in [0.2, 0.25) is 5.02 Å². The predicted molar refractivity (Wildman–Crippen MR) is 459 cm³/mol. The summed E-state index contributed by atoms with van der Waals surface area (Å²) in [6.45, 7) is 0.454. The lowest BCUT2D eigenvalue weighted by atomic mass is 10.0. The SMILES string of the molecule is COC(=O)c1cc(Cl)c2cc(-c3cccc(C(F)(F)F)c3)ccc2n1.COC[C@H](Cc1ccc(O)cc1)NC(=O)c1cc(S(C)(=O)=O)c2cc(-c3cccc(C(F)(F)F)c3)ccc2n1.COC[C@H](Cc1ccc(O)cc1)NC(=O)c1cc(SC)c2cc(-c3cccc(C(F)(F)F)c3)ccc2n1.CSc1cc(C(=O)O)nc2ccc(-c3cccc(C(F)(F)F)c3)cc12. The van der Waals surface area contributed by atoms with Crippen molar-refractivity contribution in [2.24, 2.45) is 0 Å². The highest BCUT2D eigenvalue weighted by molar-refractivity contribution is 7.99. The van der Waals surface area contributed by atoms with Gasteiger partial charge in [0.05, 0.1) is 86.6 Å². The minimum atomic E-state index is -4.53. The van der Waals surface area contributed by atoms with Gasteiger partial charge in [-0.3, -0.25) is 9.59 Å². The van der Waals surface area contributed by atoms with Crippen molar-refractivity contribution in [2.75, 3.05) is 53.3 Å². The maximum absolute atomic E-state index is 13.2. The number of nitrogens with one attached hydrogen (secondary N) is 2. The number of phenolic OH excluding ortho intramolecular Hbond substituents is 2. The quantitative estimate of drug-likeness (QED) is 0.0254. The molecule has 0 spiro atoms. The highest BCUT2D eigenvalue weighted by Gasteiger charge is 2.35. The van der Waals surface area contributed by atoms with Gasteiger partial charge in [0.25, 0.3) is 11.8 Å². The molecule has 0 aliphatic rings. The van der Waals surface area contributed by atoms with Crippen LogP contribution in [-0.2, 0) is 61.6 Å². The standard InChI is InChI=1S/C28H25F3N2O5S.C28H25F3N2O3S.C18H11ClF3NO2.C18H12F3NO2S/c1-38-16-21(12-17-6-9-22(34)10-7-17)32-27(35)25-15-26(39(2,36)37)23-14-19(8-11-24(23)33-25)18-4-3-5-20(13-18)28(29,30)31;1-36-16-21(12-17-6-9-22(34)10-7-17)32-27(35)25-15-26(37-2)23-14-19(8-11-24(23)33-25)18-4-3-5-20(13-18)28(29,30)31;1-25-17(24)16-9-14(19)13-8-11(5-6-15(13)23-16)10-3-2-4-12(7-10)18(20,21)22;1-25-16-9-15(17(23)24)22-14-6-5-11(8-13(14)16)10-3-2-4-12(7-10)18(19,20)21/h3-11,13-15,21,34H,12,16H2,1-2H3,(H,32,35);3-11,13-15,21,34H,12,16H2,1-2H3,(H,32,35);2-9H,1H3;2-9H,1H3,(H,23,24)/t2*21-;;/m00../s1. The zero-order chi connectivity index (χ0) is 91.3. The molecular formula is C92H73ClF12N6O12S3. The molecule has 652 valence electrons. The van der Waals surface area contributed by atoms with Crippen molar-refractivity contribution in [1.82, 2.24) is 30.6 Å². The lowest BCUT2D eigenvalue weighted by Gasteiger charge is -2.18. The average molecular weight is 1810 g/mol. The number of nitrogens with zero attached hydrogens (tertiary/aromatic N) is 4. The van der Waals surface area contributed by atoms with Crippen LogP contribution in [0.15, 0.2) is 257 Å². The van der Waals surface area contributed by atoms with Crippen molar-refractivity contribution < 1.29 is 110 Å². The van der Waals surface area contributed by atoms with E-state index in [4.69, 9.17) is 26.2 Å². The van der Waals surface area contributed by atoms with Crippen LogP contribution in [0.1, 0.15) is 75.3 Å². The smallest absolute Gasteiger partial charge is 0.416 e. The van der Waals surface area contributed by atoms with Gasteiger partial charge in [0.1, 0.15) is 28.6 Å². The summed E-state index contributed by atoms with van der Waals surface area (Å²) in [5, 5.41) is 36.3. The Bertz CT molecular complexity index is 6510. The van der Waals surface area contributed by atoms with Crippen molar-refractivity contribution in [3.05, 3.63) is 304 Å². The lowest BCUT2D eigenvalue weighted by molar-refractivity contribution is -0.138. The van der Waals surface area contributed by atoms with Crippen molar-refractivity contribution in [3.63, 3.8) is 0 Å². The molecular weight excluding hydrogens is 1740 g/mol. The third-order valence-electron chi connectivity index (χ3n) is 19.3. The van der Waals surface area contributed by atoms with Crippen LogP contribution in [0.3, 0.4) is 0 Å². The molecule has 4 aromatic heterocycles. The van der Waals surface area contributed by atoms with E-state index >= 15 is 0 Å². The first-order chi connectivity index (χ1) is 59.6. The van der Waals surface area contributed by atoms with Crippen LogP contribution < -0.4 is 10.6 Å². The Morgan fingerprint density at radius 2 is 0.714 bits per heavy atom. The summed E-state index contributed by atoms with van der Waals surface area (Å²) in [6, 6.07) is 57.6. The molecule has 5 N–H and O–H groups in total. The van der Waals surface area contributed by atoms with Crippen LogP contribution in [0.5, 0.6) is 11.5 Å². The number of fused-ring (bicyclic) bond motifs is 4. The van der Waals surface area contributed by atoms with Gasteiger partial charge in [-0.2, -0.15) is 52.7 Å². The Hall–Kier alpha value is -12.7. The minimum absolute atomic E-state index is 0.0619. The van der Waals surface area contributed by atoms with E-state index < -0.39 is 80.7 Å². The van der Waals surface area contributed by atoms with Crippen molar-refractivity contribution in [2.45, 2.75) is 64.3 Å². The van der Waals surface area contributed by atoms with Gasteiger partial charge < -0.3 is 40.2 Å². The number of amides is 2. The van der Waals surface area contributed by atoms with Gasteiger partial charge in [-0.05, 0) is 227 Å². The number of pyridine rings is 4. The molecule has 0 saturated heterocycles. The first kappa shape index (κ1) is 94.0. The molecule has 0 bridgehead atoms. The third kappa shape index (κ3) is 24.1. The fraction of sp³-hybridized carbons (Fsp3) is 0.174. The third-order valence-corrected chi connectivity index (χ3v) is 22.3. The topological polar surface area (TPSA) is 266 Å². The van der Waals surface area contributed by atoms with Gasteiger partial charge in [0.15, 0.2) is 15.5 Å². The molecule has 2 amide bonds. The van der Waals surface area contributed by atoms with E-state index in [-0.39, 0.29) is 85.8 Å². The highest BCUT2D eigenvalue weighted by Crippen LogP contribution is 2.41. The van der Waals surface area contributed by atoms with Gasteiger partial charge in [-0.15, -0.1) is 23.5 Å². The Labute approximate surface area is 725 Å². The summed E-state index contributed by atoms with van der Waals surface area (Å²) in [4.78, 5) is 67.4. The van der Waals surface area contributed by atoms with Crippen LogP contribution in [0.4, 0.5) is 52.7 Å². The number of methoxy groups -OCH3 is 3. The summed E-state index contributed by atoms with van der Waals surface area (Å²) < 4.78 is 197. The highest BCUT2D eigenvalue weighted by atomic mass is 35.5. The zero-order valence-corrected chi connectivity index (χ0v) is 70.2. The number of carbonyl (C=O) groups excluding carboxylic acids is 3. The first-order valence-electron chi connectivity index (χ1n) is 37.5. The summed E-state index contributed by atoms with van der Waals surface area (Å²) in [5.74, 6) is -2.46. The number of aromatic hydroxyl groups is 2. The molecule has 0 unspecified atom stereocenters. The van der Waals surface area contributed by atoms with Crippen LogP contribution in [0, 0.1) is 0 Å². The number of ether oxygens (including phenoxy) is 3. The number of carboxylic acid groups (broad SMARTS) is 1. The van der Waals surface area contributed by atoms with Gasteiger partial charge in [0.2, 0.25) is 0 Å². The summed E-state index contributed by atoms with van der Waals surface area (Å²) in [7, 11) is 0.413. The number of carboxylic acids is 1. The van der Waals surface area contributed by atoms with E-state index in [9.17, 15) is 90.5 Å². The zero-order valence-electron chi connectivity index (χ0n) is 67.0. The maximum Gasteiger partial charge on any atom is 0.416 e. The number of aromatic carboxylic acids is 1. The first-order valence-corrected chi connectivity index (χ1v) is 42.2. The van der Waals surface area contributed by atoms with E-state index in [0.29, 0.717) is 84.0 Å². The number of benzene rings is 10. The van der Waals surface area contributed by atoms with E-state index in [2.05, 4.69) is 35.3 Å². The molecule has 0 saturated carbocycles. The van der Waals surface area contributed by atoms with Gasteiger partial charge in [-0.1, -0.05) is 109 Å². The number of aromatic nitrogens is 4. The van der Waals surface area contributed by atoms with E-state index in [1.54, 1.807) is 129 Å². The number of hydrogen-bond donors (Lipinski definition) is 5. The van der Waals surface area contributed by atoms with Crippen LogP contribution >= 0.6 is 35.1 Å². The number of sulfone groups is 1. The maximum atomic E-state index is 13.2. The van der Waals surface area contributed by atoms with Crippen LogP contribution in [0.25, 0.3) is 88.1 Å². The second-order valence-corrected chi connectivity index (χ2v) is 32.3. The Morgan fingerprint density at radius 3 is 1.05 bits per heavy atom. The van der Waals surface area contributed by atoms with Crippen molar-refractivity contribution in [1.29, 1.82) is 0 Å². The number of rotatable bonds is 21. The number of carbonyl (C=O) groups is 4. The van der Waals surface area contributed by atoms with Crippen LogP contribution in [-0.4, -0.2) is 133 Å². The molecule has 0 radical (unpaired) electrons. The molecule has 34 heteroatoms. The fourth-order valence-electron chi connectivity index (χ4n) is 13.2. The Morgan fingerprint density at radius 1 is 0.405 bits per heavy atom. The van der Waals surface area contributed by atoms with Gasteiger partial charge in [0, 0.05) is 51.8 Å². The second-order valence-electron chi connectivity index (χ2n) is 28.2. The van der Waals surface area contributed by atoms with Crippen molar-refractivity contribution in [3.8, 4) is 56.0 Å². The molecule has 18 nitrogen and oxygen atoms in total. The fourth-order valence-corrected chi connectivity index (χ4v) is 15.6. The minimum Gasteiger partial charge on any atom is -0.508 e. The summed E-state index contributed by atoms with van der Waals surface area (Å²) >= 11 is 8.98. The largest absolute Gasteiger partial charge is 0.508 e. The molecule has 14 aromatic rings. The average Bonchev–Trinajstić information content (AvgIpc) is 0.774. The van der Waals surface area contributed by atoms with E-state index in [1.165, 1.54) is 111 Å². The predicted octanol–water partition coefficient (Wildman–Crippen LogP) is 22.1. The normalized spacial score (nSPS) is 12.2. The molecule has 2 atom stereocenters. The lowest BCUT2D eigenvalue weighted by Crippen LogP contribution is -2.40. The molecule has 0 fully saturated rings. The summed E-state index contributed by atoms with van der Waals surface area (Å²) in [6.07, 6.45) is -12.2. The Balaban J connectivity index is 0.000000166. The number of hydrogen-bond acceptors (Lipinski definition) is 17. The van der Waals surface area contributed by atoms with E-state index in [0.717, 1.165) is 82.3 Å². The number of alkyl halides is 12. The summed E-state index contributed by atoms with van der Waals surface area (Å²) in [5.41, 5.74) is 4.28. The van der Waals surface area contributed by atoms with Gasteiger partial charge >= 0.3 is 36.6 Å². The van der Waals surface area contributed by atoms with Crippen molar-refractivity contribution >= 4 is 112 Å². The molecule has 4 heterocycles. The molecule has 0 aliphatic carbocycles. The molecule has 0 aliphatic heterocycles. The number of phenols is 2.